The molecular weight excluding hydrogens is 428 g/mol. The highest BCUT2D eigenvalue weighted by atomic mass is 16.3. The van der Waals surface area contributed by atoms with Crippen molar-refractivity contribution >= 4 is 16.9 Å². The number of rotatable bonds is 4. The van der Waals surface area contributed by atoms with Gasteiger partial charge in [0, 0.05) is 48.7 Å². The number of nitrogens with zero attached hydrogens (tertiary/aromatic N) is 4. The quantitative estimate of drug-likeness (QED) is 0.437. The van der Waals surface area contributed by atoms with E-state index in [4.69, 9.17) is 0 Å². The number of carbonyl (C=O) groups is 1. The molecule has 3 aromatic heterocycles. The first-order chi connectivity index (χ1) is 16.6. The number of hydrogen-bond acceptors (Lipinski definition) is 6. The van der Waals surface area contributed by atoms with Crippen molar-refractivity contribution in [3.63, 3.8) is 0 Å². The van der Waals surface area contributed by atoms with E-state index in [1.165, 1.54) is 29.2 Å². The van der Waals surface area contributed by atoms with E-state index >= 15 is 0 Å². The third kappa shape index (κ3) is 3.55. The number of amides is 1. The Labute approximate surface area is 197 Å². The fourth-order valence-electron chi connectivity index (χ4n) is 5.18. The predicted molar refractivity (Wildman–Crippen MR) is 127 cm³/mol. The fraction of sp³-hybridized carbons (Fsp3) is 0.308. The normalized spacial score (nSPS) is 18.4. The maximum atomic E-state index is 13.1. The van der Waals surface area contributed by atoms with Crippen LogP contribution in [0.15, 0.2) is 49.2 Å². The highest BCUT2D eigenvalue weighted by Gasteiger charge is 2.33. The van der Waals surface area contributed by atoms with Crippen LogP contribution in [0.1, 0.15) is 52.9 Å². The molecule has 2 atom stereocenters. The molecule has 6 rings (SSSR count). The number of aliphatic hydroxyl groups is 1. The summed E-state index contributed by atoms with van der Waals surface area (Å²) in [6.45, 7) is 4.02. The summed E-state index contributed by atoms with van der Waals surface area (Å²) in [5.41, 5.74) is 8.06. The van der Waals surface area contributed by atoms with Crippen LogP contribution >= 0.6 is 0 Å². The molecule has 0 bridgehead atoms. The van der Waals surface area contributed by atoms with E-state index in [-0.39, 0.29) is 11.9 Å². The van der Waals surface area contributed by atoms with Gasteiger partial charge in [0.05, 0.1) is 5.69 Å². The number of pyridine rings is 1. The average Bonchev–Trinajstić information content (AvgIpc) is 3.63. The zero-order valence-corrected chi connectivity index (χ0v) is 19.0. The standard InChI is InChI=1S/C26H26N6O2/c1-15-10-29-25-19(15)9-17(11-30-25)16-7-18-12-32(26(34)24(33)23-4-6-27-14-31-23)13-21(18)20(8-16)22-3-2-5-28-22/h4,6-11,14,22,24,28,33H,2-3,5,12-13H2,1H3,(H,29,30)/t22-,24?/m0/s1. The second-order valence-corrected chi connectivity index (χ2v) is 9.18. The van der Waals surface area contributed by atoms with Crippen molar-refractivity contribution in [2.75, 3.05) is 6.54 Å². The number of carbonyl (C=O) groups excluding carboxylic acids is 1. The van der Waals surface area contributed by atoms with E-state index in [0.717, 1.165) is 47.1 Å². The molecule has 1 aromatic carbocycles. The van der Waals surface area contributed by atoms with E-state index in [1.807, 2.05) is 12.4 Å². The number of aromatic amines is 1. The molecule has 0 radical (unpaired) electrons. The molecule has 8 heteroatoms. The van der Waals surface area contributed by atoms with Gasteiger partial charge in [-0.25, -0.2) is 15.0 Å². The summed E-state index contributed by atoms with van der Waals surface area (Å²) in [6, 6.07) is 8.44. The SMILES string of the molecule is Cc1c[nH]c2ncc(-c3cc4c(c([C@@H]5CCCN5)c3)CN(C(=O)C(O)c3ccncn3)C4)cc12. The lowest BCUT2D eigenvalue weighted by molar-refractivity contribution is -0.141. The van der Waals surface area contributed by atoms with Crippen LogP contribution in [0.3, 0.4) is 0 Å². The molecule has 0 saturated carbocycles. The number of benzene rings is 1. The third-order valence-corrected chi connectivity index (χ3v) is 7.02. The molecule has 0 spiro atoms. The molecule has 2 aliphatic rings. The van der Waals surface area contributed by atoms with Crippen molar-refractivity contribution in [3.05, 3.63) is 77.1 Å². The molecule has 8 nitrogen and oxygen atoms in total. The van der Waals surface area contributed by atoms with Crippen molar-refractivity contribution in [2.45, 2.75) is 45.0 Å². The van der Waals surface area contributed by atoms with Gasteiger partial charge in [-0.2, -0.15) is 0 Å². The molecule has 3 N–H and O–H groups in total. The number of nitrogens with one attached hydrogen (secondary N) is 2. The molecule has 0 aliphatic carbocycles. The minimum Gasteiger partial charge on any atom is -0.377 e. The summed E-state index contributed by atoms with van der Waals surface area (Å²) < 4.78 is 0. The first kappa shape index (κ1) is 20.9. The second-order valence-electron chi connectivity index (χ2n) is 9.18. The minimum absolute atomic E-state index is 0.265. The molecule has 1 amide bonds. The second kappa shape index (κ2) is 8.30. The summed E-state index contributed by atoms with van der Waals surface area (Å²) >= 11 is 0. The number of aryl methyl sites for hydroxylation is 1. The van der Waals surface area contributed by atoms with Gasteiger partial charge in [0.1, 0.15) is 12.0 Å². The van der Waals surface area contributed by atoms with Crippen molar-refractivity contribution in [3.8, 4) is 11.1 Å². The van der Waals surface area contributed by atoms with Crippen LogP contribution < -0.4 is 5.32 Å². The van der Waals surface area contributed by atoms with Crippen LogP contribution in [0.4, 0.5) is 0 Å². The van der Waals surface area contributed by atoms with Gasteiger partial charge in [-0.3, -0.25) is 4.79 Å². The Morgan fingerprint density at radius 2 is 2.12 bits per heavy atom. The lowest BCUT2D eigenvalue weighted by Crippen LogP contribution is -2.31. The predicted octanol–water partition coefficient (Wildman–Crippen LogP) is 3.33. The van der Waals surface area contributed by atoms with Crippen LogP contribution in [0, 0.1) is 6.92 Å². The van der Waals surface area contributed by atoms with Crippen LogP contribution in [-0.4, -0.2) is 42.4 Å². The lowest BCUT2D eigenvalue weighted by atomic mass is 9.91. The summed E-state index contributed by atoms with van der Waals surface area (Å²) in [7, 11) is 0. The zero-order valence-electron chi connectivity index (χ0n) is 19.0. The maximum Gasteiger partial charge on any atom is 0.258 e. The highest BCUT2D eigenvalue weighted by molar-refractivity contribution is 5.85. The molecule has 1 unspecified atom stereocenters. The van der Waals surface area contributed by atoms with Crippen molar-refractivity contribution in [1.29, 1.82) is 0 Å². The zero-order chi connectivity index (χ0) is 23.2. The Bertz CT molecular complexity index is 1380. The van der Waals surface area contributed by atoms with Gasteiger partial charge >= 0.3 is 0 Å². The van der Waals surface area contributed by atoms with Gasteiger partial charge < -0.3 is 20.3 Å². The van der Waals surface area contributed by atoms with Crippen molar-refractivity contribution < 1.29 is 9.90 Å². The smallest absolute Gasteiger partial charge is 0.258 e. The summed E-state index contributed by atoms with van der Waals surface area (Å²) in [5.74, 6) is -0.340. The van der Waals surface area contributed by atoms with Gasteiger partial charge in [-0.15, -0.1) is 0 Å². The molecule has 2 aliphatic heterocycles. The third-order valence-electron chi connectivity index (χ3n) is 7.02. The topological polar surface area (TPSA) is 107 Å². The summed E-state index contributed by atoms with van der Waals surface area (Å²) in [4.78, 5) is 30.6. The Morgan fingerprint density at radius 1 is 1.21 bits per heavy atom. The van der Waals surface area contributed by atoms with Gasteiger partial charge in [0.2, 0.25) is 0 Å². The number of H-pyrrole nitrogens is 1. The Balaban J connectivity index is 1.37. The van der Waals surface area contributed by atoms with Crippen LogP contribution in [0.2, 0.25) is 0 Å². The number of aliphatic hydroxyl groups excluding tert-OH is 1. The Morgan fingerprint density at radius 3 is 2.91 bits per heavy atom. The molecule has 1 saturated heterocycles. The van der Waals surface area contributed by atoms with E-state index in [2.05, 4.69) is 50.4 Å². The van der Waals surface area contributed by atoms with Gasteiger partial charge in [-0.05, 0) is 78.4 Å². The molecule has 1 fully saturated rings. The number of fused-ring (bicyclic) bond motifs is 2. The number of hydrogen-bond donors (Lipinski definition) is 3. The first-order valence-electron chi connectivity index (χ1n) is 11.6. The summed E-state index contributed by atoms with van der Waals surface area (Å²) in [5, 5.41) is 15.4. The van der Waals surface area contributed by atoms with E-state index in [0.29, 0.717) is 18.8 Å². The monoisotopic (exact) mass is 454 g/mol. The highest BCUT2D eigenvalue weighted by Crippen LogP contribution is 2.38. The average molecular weight is 455 g/mol. The molecule has 5 heterocycles. The molecule has 4 aromatic rings. The summed E-state index contributed by atoms with van der Waals surface area (Å²) in [6.07, 6.45) is 7.67. The minimum atomic E-state index is -1.30. The van der Waals surface area contributed by atoms with Gasteiger partial charge in [0.15, 0.2) is 6.10 Å². The fourth-order valence-corrected chi connectivity index (χ4v) is 5.18. The van der Waals surface area contributed by atoms with Crippen LogP contribution in [0.5, 0.6) is 0 Å². The van der Waals surface area contributed by atoms with Crippen LogP contribution in [0.25, 0.3) is 22.2 Å². The Hall–Kier alpha value is -3.62. The van der Waals surface area contributed by atoms with Crippen LogP contribution in [-0.2, 0) is 17.9 Å². The van der Waals surface area contributed by atoms with Crippen molar-refractivity contribution in [1.82, 2.24) is 30.2 Å². The van der Waals surface area contributed by atoms with Gasteiger partial charge in [0.25, 0.3) is 5.91 Å². The lowest BCUT2D eigenvalue weighted by Gasteiger charge is -2.20. The largest absolute Gasteiger partial charge is 0.377 e. The van der Waals surface area contributed by atoms with Gasteiger partial charge in [-0.1, -0.05) is 0 Å². The molecule has 172 valence electrons. The first-order valence-corrected chi connectivity index (χ1v) is 11.6. The maximum absolute atomic E-state index is 13.1. The van der Waals surface area contributed by atoms with Crippen molar-refractivity contribution in [2.24, 2.45) is 0 Å². The molecular formula is C26H26N6O2. The Kier molecular flexibility index (Phi) is 5.12. The van der Waals surface area contributed by atoms with E-state index < -0.39 is 6.10 Å². The van der Waals surface area contributed by atoms with E-state index in [9.17, 15) is 9.90 Å². The molecule has 34 heavy (non-hydrogen) atoms. The van der Waals surface area contributed by atoms with E-state index in [1.54, 1.807) is 11.0 Å². The number of aromatic nitrogens is 4.